The zero-order chi connectivity index (χ0) is 15.1. The molecule has 1 aliphatic carbocycles. The van der Waals surface area contributed by atoms with Gasteiger partial charge in [0.05, 0.1) is 19.6 Å². The fourth-order valence-electron chi connectivity index (χ4n) is 3.68. The topological polar surface area (TPSA) is 28.5 Å². The van der Waals surface area contributed by atoms with E-state index in [2.05, 4.69) is 36.3 Å². The first-order chi connectivity index (χ1) is 10.2. The Bertz CT molecular complexity index is 359. The molecule has 0 aromatic carbocycles. The average molecular weight is 313 g/mol. The maximum Gasteiger partial charge on any atom is 0.139 e. The molecule has 0 radical (unpaired) electrons. The predicted octanol–water partition coefficient (Wildman–Crippen LogP) is 0.642. The van der Waals surface area contributed by atoms with Crippen LogP contribution in [-0.4, -0.2) is 50.2 Å². The van der Waals surface area contributed by atoms with Crippen molar-refractivity contribution in [2.24, 2.45) is 5.92 Å². The van der Waals surface area contributed by atoms with Gasteiger partial charge in [-0.1, -0.05) is 5.92 Å². The van der Waals surface area contributed by atoms with Crippen LogP contribution in [0, 0.1) is 17.8 Å². The van der Waals surface area contributed by atoms with Gasteiger partial charge in [0.25, 0.3) is 0 Å². The lowest BCUT2D eigenvalue weighted by molar-refractivity contribution is -0.889. The molecule has 21 heavy (non-hydrogen) atoms. The molecule has 0 aromatic rings. The fraction of sp³-hybridized carbons (Fsp3) is 0.882. The number of piperidine rings is 1. The van der Waals surface area contributed by atoms with Crippen LogP contribution in [0.1, 0.15) is 39.5 Å². The quantitative estimate of drug-likeness (QED) is 0.514. The van der Waals surface area contributed by atoms with Crippen molar-refractivity contribution >= 4 is 11.6 Å². The van der Waals surface area contributed by atoms with Crippen LogP contribution < -0.4 is 15.5 Å². The summed E-state index contributed by atoms with van der Waals surface area (Å²) in [6, 6.07) is 1.23. The van der Waals surface area contributed by atoms with Crippen LogP contribution >= 0.6 is 11.6 Å². The number of halogens is 1. The molecule has 2 aliphatic rings. The lowest BCUT2D eigenvalue weighted by Crippen LogP contribution is -3.11. The van der Waals surface area contributed by atoms with Gasteiger partial charge in [0.15, 0.2) is 0 Å². The molecule has 1 heterocycles. The fourth-order valence-corrected chi connectivity index (χ4v) is 4.00. The second-order valence-electron chi connectivity index (χ2n) is 6.40. The molecule has 3 N–H and O–H groups in total. The van der Waals surface area contributed by atoms with E-state index in [1.807, 2.05) is 0 Å². The maximum atomic E-state index is 6.30. The van der Waals surface area contributed by atoms with Gasteiger partial charge in [-0.3, -0.25) is 0 Å². The highest BCUT2D eigenvalue weighted by Gasteiger charge is 2.36. The van der Waals surface area contributed by atoms with Crippen molar-refractivity contribution in [2.45, 2.75) is 57.0 Å². The second kappa shape index (κ2) is 9.00. The minimum atomic E-state index is 0.370. The average Bonchev–Trinajstić information content (AvgIpc) is 2.50. The molecule has 4 heteroatoms. The molecule has 1 saturated heterocycles. The van der Waals surface area contributed by atoms with Crippen LogP contribution in [0.15, 0.2) is 0 Å². The molecule has 0 aromatic heterocycles. The van der Waals surface area contributed by atoms with E-state index in [-0.39, 0.29) is 0 Å². The largest absolute Gasteiger partial charge is 0.325 e. The Hall–Kier alpha value is -0.270. The molecule has 3 nitrogen and oxygen atoms in total. The van der Waals surface area contributed by atoms with Gasteiger partial charge in [-0.25, -0.2) is 0 Å². The molecule has 2 fully saturated rings. The summed E-state index contributed by atoms with van der Waals surface area (Å²) in [6.45, 7) is 9.69. The molecular formula is C17H31ClN3+. The standard InChI is InChI=1S/C17H30ClN3/c1-3-21(4-2)12-6-5-10-19-16-9-11-20-17-13-14(18)7-8-15(16)17/h14-17,19-20H,3-4,7-13H2,1-2H3/p+1. The summed E-state index contributed by atoms with van der Waals surface area (Å²) in [5.41, 5.74) is 0. The highest BCUT2D eigenvalue weighted by Crippen LogP contribution is 2.33. The maximum absolute atomic E-state index is 6.30. The van der Waals surface area contributed by atoms with E-state index in [0.717, 1.165) is 45.1 Å². The minimum Gasteiger partial charge on any atom is -0.325 e. The lowest BCUT2D eigenvalue weighted by atomic mass is 9.76. The third kappa shape index (κ3) is 5.14. The molecule has 2 rings (SSSR count). The molecule has 0 bridgehead atoms. The van der Waals surface area contributed by atoms with Crippen LogP contribution in [0.25, 0.3) is 0 Å². The Balaban J connectivity index is 1.74. The van der Waals surface area contributed by atoms with Crippen LogP contribution in [0.5, 0.6) is 0 Å². The van der Waals surface area contributed by atoms with Crippen LogP contribution in [0.3, 0.4) is 0 Å². The van der Waals surface area contributed by atoms with Crippen molar-refractivity contribution in [3.8, 4) is 11.8 Å². The highest BCUT2D eigenvalue weighted by molar-refractivity contribution is 6.20. The van der Waals surface area contributed by atoms with Gasteiger partial charge in [0, 0.05) is 17.5 Å². The summed E-state index contributed by atoms with van der Waals surface area (Å²) in [7, 11) is 0. The van der Waals surface area contributed by atoms with Crippen molar-refractivity contribution in [3.05, 3.63) is 0 Å². The van der Waals surface area contributed by atoms with Crippen molar-refractivity contribution in [1.29, 1.82) is 0 Å². The van der Waals surface area contributed by atoms with Gasteiger partial charge in [-0.15, -0.1) is 11.6 Å². The van der Waals surface area contributed by atoms with Gasteiger partial charge in [0.1, 0.15) is 6.54 Å². The van der Waals surface area contributed by atoms with E-state index in [4.69, 9.17) is 11.6 Å². The molecule has 0 spiro atoms. The van der Waals surface area contributed by atoms with Crippen molar-refractivity contribution in [2.75, 3.05) is 32.7 Å². The third-order valence-electron chi connectivity index (χ3n) is 5.13. The van der Waals surface area contributed by atoms with Crippen LogP contribution in [-0.2, 0) is 0 Å². The zero-order valence-corrected chi connectivity index (χ0v) is 14.3. The number of hydrogen-bond donors (Lipinski definition) is 3. The van der Waals surface area contributed by atoms with E-state index in [1.54, 1.807) is 4.90 Å². The first kappa shape index (κ1) is 17.1. The minimum absolute atomic E-state index is 0.370. The second-order valence-corrected chi connectivity index (χ2v) is 7.02. The Morgan fingerprint density at radius 2 is 2.00 bits per heavy atom. The summed E-state index contributed by atoms with van der Waals surface area (Å²) in [5.74, 6) is 7.37. The number of quaternary nitrogens is 1. The Kier molecular flexibility index (Phi) is 7.33. The Morgan fingerprint density at radius 1 is 1.19 bits per heavy atom. The van der Waals surface area contributed by atoms with Crippen LogP contribution in [0.2, 0.25) is 0 Å². The molecule has 0 amide bonds. The van der Waals surface area contributed by atoms with E-state index in [0.29, 0.717) is 17.5 Å². The van der Waals surface area contributed by atoms with Gasteiger partial charge in [0.2, 0.25) is 0 Å². The van der Waals surface area contributed by atoms with E-state index in [1.165, 1.54) is 19.3 Å². The Morgan fingerprint density at radius 3 is 2.76 bits per heavy atom. The molecule has 1 saturated carbocycles. The van der Waals surface area contributed by atoms with E-state index < -0.39 is 0 Å². The molecule has 1 aliphatic heterocycles. The van der Waals surface area contributed by atoms with Gasteiger partial charge in [-0.2, -0.15) is 0 Å². The smallest absolute Gasteiger partial charge is 0.139 e. The van der Waals surface area contributed by atoms with E-state index >= 15 is 0 Å². The summed E-state index contributed by atoms with van der Waals surface area (Å²) >= 11 is 6.30. The molecule has 120 valence electrons. The third-order valence-corrected chi connectivity index (χ3v) is 5.53. The first-order valence-corrected chi connectivity index (χ1v) is 9.08. The normalized spacial score (nSPS) is 32.4. The summed E-state index contributed by atoms with van der Waals surface area (Å²) < 4.78 is 0. The predicted molar refractivity (Wildman–Crippen MR) is 89.9 cm³/mol. The van der Waals surface area contributed by atoms with Gasteiger partial charge >= 0.3 is 0 Å². The number of nitrogens with one attached hydrogen (secondary N) is 3. The van der Waals surface area contributed by atoms with Crippen molar-refractivity contribution < 1.29 is 4.90 Å². The molecular weight excluding hydrogens is 282 g/mol. The SMILES string of the molecule is CC[NH+](CC)CC#CCNC1CCNC2CC(Cl)CCC12. The first-order valence-electron chi connectivity index (χ1n) is 8.64. The summed E-state index contributed by atoms with van der Waals surface area (Å²) in [5, 5.41) is 7.70. The zero-order valence-electron chi connectivity index (χ0n) is 13.6. The highest BCUT2D eigenvalue weighted by atomic mass is 35.5. The van der Waals surface area contributed by atoms with Crippen molar-refractivity contribution in [1.82, 2.24) is 10.6 Å². The molecule has 4 atom stereocenters. The number of hydrogen-bond acceptors (Lipinski definition) is 2. The number of alkyl halides is 1. The summed E-state index contributed by atoms with van der Waals surface area (Å²) in [4.78, 5) is 1.56. The molecule has 4 unspecified atom stereocenters. The van der Waals surface area contributed by atoms with Crippen molar-refractivity contribution in [3.63, 3.8) is 0 Å². The van der Waals surface area contributed by atoms with E-state index in [9.17, 15) is 0 Å². The van der Waals surface area contributed by atoms with Gasteiger partial charge in [-0.05, 0) is 57.9 Å². The van der Waals surface area contributed by atoms with Crippen LogP contribution in [0.4, 0.5) is 0 Å². The monoisotopic (exact) mass is 312 g/mol. The Labute approximate surface area is 135 Å². The number of rotatable bonds is 5. The lowest BCUT2D eigenvalue weighted by Gasteiger charge is -2.43. The van der Waals surface area contributed by atoms with Gasteiger partial charge < -0.3 is 15.5 Å². The summed E-state index contributed by atoms with van der Waals surface area (Å²) in [6.07, 6.45) is 4.76. The number of fused-ring (bicyclic) bond motifs is 1.